The number of benzene rings is 2. The first-order valence-corrected chi connectivity index (χ1v) is 7.32. The molecule has 0 fully saturated rings. The summed E-state index contributed by atoms with van der Waals surface area (Å²) in [6, 6.07) is 16.9. The number of nitrogens with zero attached hydrogens (tertiary/aromatic N) is 3. The van der Waals surface area contributed by atoms with Crippen LogP contribution in [0, 0.1) is 11.3 Å². The Balaban J connectivity index is 1.79. The summed E-state index contributed by atoms with van der Waals surface area (Å²) < 4.78 is 11.0. The molecule has 1 atom stereocenters. The van der Waals surface area contributed by atoms with Gasteiger partial charge in [0.1, 0.15) is 11.3 Å². The van der Waals surface area contributed by atoms with Gasteiger partial charge in [-0.05, 0) is 43.3 Å². The molecule has 0 N–H and O–H groups in total. The number of nitriles is 1. The molecule has 114 valence electrons. The largest absolute Gasteiger partial charge is 0.494 e. The molecule has 0 bridgehead atoms. The minimum atomic E-state index is -0.631. The Morgan fingerprint density at radius 3 is 2.74 bits per heavy atom. The molecule has 0 saturated carbocycles. The number of fused-ring (bicyclic) bond motifs is 1. The predicted octanol–water partition coefficient (Wildman–Crippen LogP) is 4.24. The van der Waals surface area contributed by atoms with Gasteiger partial charge >= 0.3 is 0 Å². The van der Waals surface area contributed by atoms with Crippen LogP contribution in [0.25, 0.3) is 11.1 Å². The molecule has 23 heavy (non-hydrogen) atoms. The second kappa shape index (κ2) is 6.75. The first kappa shape index (κ1) is 14.8. The van der Waals surface area contributed by atoms with Gasteiger partial charge in [0.15, 0.2) is 11.5 Å². The van der Waals surface area contributed by atoms with E-state index in [4.69, 9.17) is 9.15 Å². The van der Waals surface area contributed by atoms with Gasteiger partial charge in [-0.3, -0.25) is 4.99 Å². The molecule has 5 nitrogen and oxygen atoms in total. The van der Waals surface area contributed by atoms with E-state index in [1.54, 1.807) is 6.21 Å². The van der Waals surface area contributed by atoms with Gasteiger partial charge in [0.2, 0.25) is 5.89 Å². The highest BCUT2D eigenvalue weighted by Gasteiger charge is 2.15. The number of aromatic nitrogens is 1. The van der Waals surface area contributed by atoms with Crippen molar-refractivity contribution >= 4 is 23.0 Å². The predicted molar refractivity (Wildman–Crippen MR) is 88.1 cm³/mol. The van der Waals surface area contributed by atoms with Crippen LogP contribution < -0.4 is 4.74 Å². The van der Waals surface area contributed by atoms with E-state index < -0.39 is 5.92 Å². The third-order valence-corrected chi connectivity index (χ3v) is 3.24. The first-order chi connectivity index (χ1) is 11.3. The number of ether oxygens (including phenoxy) is 1. The summed E-state index contributed by atoms with van der Waals surface area (Å²) in [5, 5.41) is 9.34. The number of oxazole rings is 1. The van der Waals surface area contributed by atoms with Gasteiger partial charge in [0.05, 0.1) is 18.4 Å². The van der Waals surface area contributed by atoms with E-state index in [1.165, 1.54) is 0 Å². The van der Waals surface area contributed by atoms with Crippen LogP contribution in [0.15, 0.2) is 57.9 Å². The van der Waals surface area contributed by atoms with Gasteiger partial charge in [-0.1, -0.05) is 12.1 Å². The molecule has 3 rings (SSSR count). The van der Waals surface area contributed by atoms with Crippen molar-refractivity contribution in [2.45, 2.75) is 12.8 Å². The van der Waals surface area contributed by atoms with Crippen LogP contribution in [-0.4, -0.2) is 17.8 Å². The molecule has 5 heteroatoms. The molecule has 0 spiro atoms. The van der Waals surface area contributed by atoms with E-state index in [1.807, 2.05) is 55.5 Å². The van der Waals surface area contributed by atoms with Crippen molar-refractivity contribution in [2.24, 2.45) is 4.99 Å². The van der Waals surface area contributed by atoms with Gasteiger partial charge in [-0.15, -0.1) is 0 Å². The third-order valence-electron chi connectivity index (χ3n) is 3.24. The zero-order valence-corrected chi connectivity index (χ0v) is 12.6. The Bertz CT molecular complexity index is 827. The van der Waals surface area contributed by atoms with E-state index in [9.17, 15) is 5.26 Å². The van der Waals surface area contributed by atoms with Crippen molar-refractivity contribution in [3.05, 3.63) is 54.4 Å². The van der Waals surface area contributed by atoms with Gasteiger partial charge in [0.25, 0.3) is 0 Å². The maximum absolute atomic E-state index is 9.34. The van der Waals surface area contributed by atoms with E-state index >= 15 is 0 Å². The molecule has 0 aliphatic carbocycles. The van der Waals surface area contributed by atoms with E-state index in [0.717, 1.165) is 17.0 Å². The Morgan fingerprint density at radius 1 is 1.26 bits per heavy atom. The molecule has 0 aliphatic heterocycles. The monoisotopic (exact) mass is 305 g/mol. The summed E-state index contributed by atoms with van der Waals surface area (Å²) in [7, 11) is 0. The zero-order valence-electron chi connectivity index (χ0n) is 12.6. The van der Waals surface area contributed by atoms with Crippen molar-refractivity contribution in [3.63, 3.8) is 0 Å². The molecule has 0 amide bonds. The molecule has 2 aromatic carbocycles. The fraction of sp³-hybridized carbons (Fsp3) is 0.167. The second-order valence-electron chi connectivity index (χ2n) is 4.83. The number of aliphatic imine (C=N–C) groups is 1. The fourth-order valence-electron chi connectivity index (χ4n) is 2.13. The first-order valence-electron chi connectivity index (χ1n) is 7.32. The molecule has 1 heterocycles. The molecular weight excluding hydrogens is 290 g/mol. The number of hydrogen-bond donors (Lipinski definition) is 0. The van der Waals surface area contributed by atoms with Crippen molar-refractivity contribution in [2.75, 3.05) is 6.61 Å². The Labute approximate surface area is 133 Å². The summed E-state index contributed by atoms with van der Waals surface area (Å²) in [4.78, 5) is 8.66. The lowest BCUT2D eigenvalue weighted by molar-refractivity contribution is 0.340. The molecular formula is C18H15N3O2. The normalized spacial score (nSPS) is 12.3. The third kappa shape index (κ3) is 3.38. The van der Waals surface area contributed by atoms with E-state index in [0.29, 0.717) is 18.1 Å². The van der Waals surface area contributed by atoms with Crippen molar-refractivity contribution < 1.29 is 9.15 Å². The zero-order chi connectivity index (χ0) is 16.1. The lowest BCUT2D eigenvalue weighted by Crippen LogP contribution is -1.97. The van der Waals surface area contributed by atoms with Crippen LogP contribution in [0.3, 0.4) is 0 Å². The summed E-state index contributed by atoms with van der Waals surface area (Å²) in [5.41, 5.74) is 2.14. The molecule has 3 aromatic rings. The van der Waals surface area contributed by atoms with Crippen molar-refractivity contribution in [1.29, 1.82) is 5.26 Å². The number of para-hydroxylation sites is 2. The smallest absolute Gasteiger partial charge is 0.218 e. The van der Waals surface area contributed by atoms with Crippen LogP contribution >= 0.6 is 0 Å². The van der Waals surface area contributed by atoms with E-state index in [-0.39, 0.29) is 0 Å². The fourth-order valence-corrected chi connectivity index (χ4v) is 2.13. The Hall–Kier alpha value is -3.13. The van der Waals surface area contributed by atoms with Gasteiger partial charge in [-0.2, -0.15) is 5.26 Å². The highest BCUT2D eigenvalue weighted by atomic mass is 16.5. The highest BCUT2D eigenvalue weighted by Crippen LogP contribution is 2.22. The molecule has 0 saturated heterocycles. The van der Waals surface area contributed by atoms with Gasteiger partial charge in [0, 0.05) is 6.21 Å². The van der Waals surface area contributed by atoms with Crippen LogP contribution in [0.2, 0.25) is 0 Å². The second-order valence-corrected chi connectivity index (χ2v) is 4.83. The molecule has 0 radical (unpaired) electrons. The number of rotatable bonds is 5. The lowest BCUT2D eigenvalue weighted by Gasteiger charge is -2.02. The maximum Gasteiger partial charge on any atom is 0.218 e. The van der Waals surface area contributed by atoms with E-state index in [2.05, 4.69) is 16.0 Å². The summed E-state index contributed by atoms with van der Waals surface area (Å²) in [6.45, 7) is 2.56. The maximum atomic E-state index is 9.34. The summed E-state index contributed by atoms with van der Waals surface area (Å²) >= 11 is 0. The Kier molecular flexibility index (Phi) is 4.34. The molecule has 1 aromatic heterocycles. The van der Waals surface area contributed by atoms with Gasteiger partial charge in [-0.25, -0.2) is 4.98 Å². The number of hydrogen-bond acceptors (Lipinski definition) is 5. The van der Waals surface area contributed by atoms with Crippen LogP contribution in [-0.2, 0) is 0 Å². The average molecular weight is 305 g/mol. The van der Waals surface area contributed by atoms with Crippen LogP contribution in [0.1, 0.15) is 18.7 Å². The SMILES string of the molecule is CCOc1ccc(N=CC(C#N)c2nc3ccccc3o2)cc1. The topological polar surface area (TPSA) is 71.4 Å². The van der Waals surface area contributed by atoms with Gasteiger partial charge < -0.3 is 9.15 Å². The summed E-state index contributed by atoms with van der Waals surface area (Å²) in [5.74, 6) is 0.514. The van der Waals surface area contributed by atoms with Crippen molar-refractivity contribution in [1.82, 2.24) is 4.98 Å². The quantitative estimate of drug-likeness (QED) is 0.661. The highest BCUT2D eigenvalue weighted by molar-refractivity contribution is 5.77. The minimum Gasteiger partial charge on any atom is -0.494 e. The standard InChI is InChI=1S/C18H15N3O2/c1-2-22-15-9-7-14(8-10-15)20-12-13(11-19)18-21-16-5-3-4-6-17(16)23-18/h3-10,12-13H,2H2,1H3. The van der Waals surface area contributed by atoms with Crippen LogP contribution in [0.4, 0.5) is 5.69 Å². The lowest BCUT2D eigenvalue weighted by atomic mass is 10.2. The average Bonchev–Trinajstić information content (AvgIpc) is 3.01. The minimum absolute atomic E-state index is 0.350. The molecule has 1 unspecified atom stereocenters. The Morgan fingerprint density at radius 2 is 2.04 bits per heavy atom. The van der Waals surface area contributed by atoms with Crippen molar-refractivity contribution in [3.8, 4) is 11.8 Å². The van der Waals surface area contributed by atoms with Crippen LogP contribution in [0.5, 0.6) is 5.75 Å². The summed E-state index contributed by atoms with van der Waals surface area (Å²) in [6.07, 6.45) is 1.54. The molecule has 0 aliphatic rings.